The van der Waals surface area contributed by atoms with E-state index in [4.69, 9.17) is 16.7 Å². The number of carboxylic acid groups (broad SMARTS) is 1. The van der Waals surface area contributed by atoms with E-state index in [1.807, 2.05) is 0 Å². The van der Waals surface area contributed by atoms with Gasteiger partial charge in [-0.2, -0.15) is 0 Å². The molecule has 0 saturated carbocycles. The lowest BCUT2D eigenvalue weighted by atomic mass is 10.2. The van der Waals surface area contributed by atoms with Gasteiger partial charge in [-0.1, -0.05) is 11.6 Å². The Labute approximate surface area is 125 Å². The van der Waals surface area contributed by atoms with Gasteiger partial charge in [-0.3, -0.25) is 10.1 Å². The number of amides is 2. The number of aromatic nitrogens is 1. The summed E-state index contributed by atoms with van der Waals surface area (Å²) < 4.78 is 0. The van der Waals surface area contributed by atoms with Gasteiger partial charge in [0.05, 0.1) is 5.56 Å². The maximum absolute atomic E-state index is 12.1. The maximum atomic E-state index is 12.1. The largest absolute Gasteiger partial charge is 0.465 e. The maximum Gasteiger partial charge on any atom is 0.409 e. The van der Waals surface area contributed by atoms with Gasteiger partial charge in [0, 0.05) is 17.1 Å². The van der Waals surface area contributed by atoms with Crippen molar-refractivity contribution in [3.8, 4) is 0 Å². The van der Waals surface area contributed by atoms with Crippen LogP contribution in [0.5, 0.6) is 0 Å². The van der Waals surface area contributed by atoms with Gasteiger partial charge in [0.25, 0.3) is 5.91 Å². The molecule has 0 bridgehead atoms. The number of carbonyl (C=O) groups is 2. The second kappa shape index (κ2) is 6.23. The number of rotatable bonds is 3. The van der Waals surface area contributed by atoms with E-state index in [0.717, 1.165) is 5.69 Å². The third-order valence-corrected chi connectivity index (χ3v) is 2.91. The smallest absolute Gasteiger partial charge is 0.409 e. The van der Waals surface area contributed by atoms with Crippen LogP contribution in [-0.4, -0.2) is 22.1 Å². The third-order valence-electron chi connectivity index (χ3n) is 2.63. The Morgan fingerprint density at radius 3 is 2.14 bits per heavy atom. The van der Waals surface area contributed by atoms with E-state index in [1.165, 1.54) is 0 Å². The predicted molar refractivity (Wildman–Crippen MR) is 80.0 cm³/mol. The van der Waals surface area contributed by atoms with Crippen molar-refractivity contribution in [2.24, 2.45) is 0 Å². The molecule has 1 aromatic carbocycles. The first-order chi connectivity index (χ1) is 9.95. The number of carbonyl (C=O) groups excluding carboxylic acids is 1. The molecule has 0 spiro atoms. The lowest BCUT2D eigenvalue weighted by Gasteiger charge is -2.08. The van der Waals surface area contributed by atoms with E-state index in [2.05, 4.69) is 15.6 Å². The molecule has 0 unspecified atom stereocenters. The van der Waals surface area contributed by atoms with Gasteiger partial charge < -0.3 is 10.4 Å². The molecule has 1 heterocycles. The average molecular weight is 306 g/mol. The summed E-state index contributed by atoms with van der Waals surface area (Å²) in [6.07, 6.45) is -1.15. The molecule has 21 heavy (non-hydrogen) atoms. The molecule has 1 aromatic heterocycles. The first kappa shape index (κ1) is 14.8. The van der Waals surface area contributed by atoms with E-state index >= 15 is 0 Å². The topological polar surface area (TPSA) is 91.3 Å². The van der Waals surface area contributed by atoms with Crippen LogP contribution in [-0.2, 0) is 0 Å². The second-order valence-corrected chi connectivity index (χ2v) is 4.61. The number of halogens is 1. The minimum atomic E-state index is -1.15. The quantitative estimate of drug-likeness (QED) is 0.758. The zero-order chi connectivity index (χ0) is 15.4. The summed E-state index contributed by atoms with van der Waals surface area (Å²) in [6, 6.07) is 9.54. The fourth-order valence-electron chi connectivity index (χ4n) is 1.65. The molecule has 7 heteroatoms. The number of pyridine rings is 1. The number of nitrogens with one attached hydrogen (secondary N) is 2. The first-order valence-corrected chi connectivity index (χ1v) is 6.38. The summed E-state index contributed by atoms with van der Waals surface area (Å²) in [5.41, 5.74) is 1.93. The van der Waals surface area contributed by atoms with E-state index < -0.39 is 6.09 Å². The molecule has 0 aliphatic carbocycles. The van der Waals surface area contributed by atoms with Crippen molar-refractivity contribution < 1.29 is 14.7 Å². The standard InChI is InChI=1S/C14H12ClN3O3/c1-8-2-7-11(12(15)16-8)13(19)17-9-3-5-10(6-4-9)18-14(20)21/h2-7,18H,1H3,(H,17,19)(H,20,21). The van der Waals surface area contributed by atoms with Crippen LogP contribution in [0.15, 0.2) is 36.4 Å². The number of benzene rings is 1. The molecule has 2 aromatic rings. The van der Waals surface area contributed by atoms with E-state index in [1.54, 1.807) is 43.3 Å². The average Bonchev–Trinajstić information content (AvgIpc) is 2.40. The van der Waals surface area contributed by atoms with Crippen molar-refractivity contribution in [2.45, 2.75) is 6.92 Å². The van der Waals surface area contributed by atoms with Crippen LogP contribution in [0.3, 0.4) is 0 Å². The summed E-state index contributed by atoms with van der Waals surface area (Å²) in [5.74, 6) is -0.383. The molecule has 0 saturated heterocycles. The third kappa shape index (κ3) is 3.93. The Kier molecular flexibility index (Phi) is 4.39. The molecular formula is C14H12ClN3O3. The van der Waals surface area contributed by atoms with E-state index in [9.17, 15) is 9.59 Å². The Hall–Kier alpha value is -2.60. The molecule has 3 N–H and O–H groups in total. The number of anilines is 2. The minimum absolute atomic E-state index is 0.136. The number of aryl methyl sites for hydroxylation is 1. The highest BCUT2D eigenvalue weighted by molar-refractivity contribution is 6.33. The number of hydrogen-bond acceptors (Lipinski definition) is 3. The molecule has 0 fully saturated rings. The van der Waals surface area contributed by atoms with Crippen LogP contribution >= 0.6 is 11.6 Å². The Morgan fingerprint density at radius 1 is 1.05 bits per heavy atom. The highest BCUT2D eigenvalue weighted by Crippen LogP contribution is 2.18. The van der Waals surface area contributed by atoms with Crippen LogP contribution in [0.25, 0.3) is 0 Å². The molecule has 2 amide bonds. The summed E-state index contributed by atoms with van der Waals surface area (Å²) >= 11 is 5.93. The van der Waals surface area contributed by atoms with Crippen molar-refractivity contribution in [3.05, 3.63) is 52.8 Å². The lowest BCUT2D eigenvalue weighted by Crippen LogP contribution is -2.13. The van der Waals surface area contributed by atoms with Gasteiger partial charge in [-0.05, 0) is 43.3 Å². The summed E-state index contributed by atoms with van der Waals surface area (Å²) in [6.45, 7) is 1.78. The summed E-state index contributed by atoms with van der Waals surface area (Å²) in [4.78, 5) is 26.6. The minimum Gasteiger partial charge on any atom is -0.465 e. The monoisotopic (exact) mass is 305 g/mol. The molecule has 0 aliphatic rings. The van der Waals surface area contributed by atoms with Crippen molar-refractivity contribution in [1.82, 2.24) is 4.98 Å². The number of nitrogens with zero attached hydrogens (tertiary/aromatic N) is 1. The zero-order valence-electron chi connectivity index (χ0n) is 11.1. The SMILES string of the molecule is Cc1ccc(C(=O)Nc2ccc(NC(=O)O)cc2)c(Cl)n1. The summed E-state index contributed by atoms with van der Waals surface area (Å²) in [5, 5.41) is 13.6. The molecule has 0 aliphatic heterocycles. The Balaban J connectivity index is 2.10. The van der Waals surface area contributed by atoms with E-state index in [-0.39, 0.29) is 16.6 Å². The second-order valence-electron chi connectivity index (χ2n) is 4.25. The van der Waals surface area contributed by atoms with Crippen molar-refractivity contribution in [3.63, 3.8) is 0 Å². The number of hydrogen-bond donors (Lipinski definition) is 3. The fraction of sp³-hybridized carbons (Fsp3) is 0.0714. The fourth-order valence-corrected chi connectivity index (χ4v) is 1.94. The van der Waals surface area contributed by atoms with Crippen molar-refractivity contribution >= 4 is 35.0 Å². The molecule has 2 rings (SSSR count). The highest BCUT2D eigenvalue weighted by Gasteiger charge is 2.11. The predicted octanol–water partition coefficient (Wildman–Crippen LogP) is 3.39. The van der Waals surface area contributed by atoms with Crippen LogP contribution in [0, 0.1) is 6.92 Å². The molecular weight excluding hydrogens is 294 g/mol. The van der Waals surface area contributed by atoms with Crippen molar-refractivity contribution in [2.75, 3.05) is 10.6 Å². The van der Waals surface area contributed by atoms with Gasteiger partial charge in [-0.25, -0.2) is 9.78 Å². The van der Waals surface area contributed by atoms with E-state index in [0.29, 0.717) is 11.4 Å². The lowest BCUT2D eigenvalue weighted by molar-refractivity contribution is 0.102. The van der Waals surface area contributed by atoms with Gasteiger partial charge in [0.15, 0.2) is 0 Å². The van der Waals surface area contributed by atoms with Crippen LogP contribution < -0.4 is 10.6 Å². The Bertz CT molecular complexity index is 686. The van der Waals surface area contributed by atoms with Gasteiger partial charge >= 0.3 is 6.09 Å². The van der Waals surface area contributed by atoms with Gasteiger partial charge in [0.2, 0.25) is 0 Å². The normalized spacial score (nSPS) is 10.0. The summed E-state index contributed by atoms with van der Waals surface area (Å²) in [7, 11) is 0. The first-order valence-electron chi connectivity index (χ1n) is 6.00. The van der Waals surface area contributed by atoms with Crippen molar-refractivity contribution in [1.29, 1.82) is 0 Å². The zero-order valence-corrected chi connectivity index (χ0v) is 11.8. The highest BCUT2D eigenvalue weighted by atomic mass is 35.5. The van der Waals surface area contributed by atoms with Gasteiger partial charge in [-0.15, -0.1) is 0 Å². The molecule has 108 valence electrons. The molecule has 6 nitrogen and oxygen atoms in total. The van der Waals surface area contributed by atoms with Crippen LogP contribution in [0.1, 0.15) is 16.1 Å². The molecule has 0 atom stereocenters. The van der Waals surface area contributed by atoms with Crippen LogP contribution in [0.4, 0.5) is 16.2 Å². The molecule has 0 radical (unpaired) electrons. The van der Waals surface area contributed by atoms with Gasteiger partial charge in [0.1, 0.15) is 5.15 Å². The van der Waals surface area contributed by atoms with Crippen LogP contribution in [0.2, 0.25) is 5.15 Å². The Morgan fingerprint density at radius 2 is 1.62 bits per heavy atom.